The number of esters is 2. The number of aliphatic hydroxyl groups is 4. The summed E-state index contributed by atoms with van der Waals surface area (Å²) in [6.45, 7) is 3.81. The zero-order chi connectivity index (χ0) is 53.1. The smallest absolute Gasteiger partial charge is 0.462 e. The topological polar surface area (TPSA) is 323 Å². The van der Waals surface area contributed by atoms with E-state index in [2.05, 4.69) is 23.1 Å². The molecule has 2 saturated heterocycles. The fourth-order valence-corrected chi connectivity index (χ4v) is 10.8. The molecule has 0 aliphatic carbocycles. The van der Waals surface area contributed by atoms with E-state index in [0.29, 0.717) is 38.5 Å². The van der Waals surface area contributed by atoms with Crippen molar-refractivity contribution in [3.63, 3.8) is 0 Å². The maximum absolute atomic E-state index is 14.3. The van der Waals surface area contributed by atoms with Gasteiger partial charge in [-0.25, -0.2) is 13.9 Å². The molecule has 2 fully saturated rings. The third-order valence-electron chi connectivity index (χ3n) is 13.3. The lowest BCUT2D eigenvalue weighted by Crippen LogP contribution is -2.51. The molecule has 0 spiro atoms. The molecule has 3 rings (SSSR count). The third kappa shape index (κ3) is 24.6. The summed E-state index contributed by atoms with van der Waals surface area (Å²) in [5.41, 5.74) is 4.75. The van der Waals surface area contributed by atoms with Gasteiger partial charge in [0.15, 0.2) is 6.10 Å². The molecule has 23 heteroatoms. The second-order valence-electron chi connectivity index (χ2n) is 19.4. The molecule has 3 unspecified atom stereocenters. The number of unbranched alkanes of at least 4 members (excludes halogenated alkanes) is 11. The van der Waals surface area contributed by atoms with Gasteiger partial charge in [0.2, 0.25) is 0 Å². The van der Waals surface area contributed by atoms with Gasteiger partial charge < -0.3 is 50.2 Å². The molecule has 3 heterocycles. The van der Waals surface area contributed by atoms with Gasteiger partial charge in [-0.3, -0.25) is 28.0 Å². The van der Waals surface area contributed by atoms with E-state index < -0.39 is 120 Å². The second kappa shape index (κ2) is 33.9. The number of aliphatic hydroxyl groups excluding tert-OH is 4. The first-order chi connectivity index (χ1) is 34.3. The molecule has 72 heavy (non-hydrogen) atoms. The zero-order valence-electron chi connectivity index (χ0n) is 42.6. The van der Waals surface area contributed by atoms with Crippen molar-refractivity contribution in [3.8, 4) is 0 Å². The molecular weight excluding hydrogens is 980 g/mol. The Kier molecular flexibility index (Phi) is 29.8. The Labute approximate surface area is 424 Å². The Morgan fingerprint density at radius 3 is 2.15 bits per heavy atom. The van der Waals surface area contributed by atoms with E-state index in [1.165, 1.54) is 69.4 Å². The Bertz CT molecular complexity index is 1940. The number of phosphoric acid groups is 2. The number of fused-ring (bicyclic) bond motifs is 3. The van der Waals surface area contributed by atoms with Crippen LogP contribution in [0.4, 0.5) is 5.82 Å². The highest BCUT2D eigenvalue weighted by Gasteiger charge is 2.45. The molecule has 0 amide bonds. The van der Waals surface area contributed by atoms with Crippen molar-refractivity contribution in [2.45, 2.75) is 218 Å². The minimum atomic E-state index is -5.71. The molecule has 0 radical (unpaired) electrons. The average molecular weight is 1070 g/mol. The van der Waals surface area contributed by atoms with Crippen LogP contribution in [0.3, 0.4) is 0 Å². The summed E-state index contributed by atoms with van der Waals surface area (Å²) < 4.78 is 58.9. The monoisotopic (exact) mass is 1070 g/mol. The van der Waals surface area contributed by atoms with Crippen LogP contribution in [-0.4, -0.2) is 114 Å². The summed E-state index contributed by atoms with van der Waals surface area (Å²) in [7, 11) is -11.3. The van der Waals surface area contributed by atoms with E-state index in [9.17, 15) is 58.5 Å². The molecule has 2 aliphatic rings. The number of ketones is 1. The number of cyclic esters (lactones) is 1. The van der Waals surface area contributed by atoms with Gasteiger partial charge in [-0.15, -0.1) is 0 Å². The Hall–Kier alpha value is -2.91. The number of ether oxygens (including phenoxy) is 3. The first kappa shape index (κ1) is 63.4. The summed E-state index contributed by atoms with van der Waals surface area (Å²) in [5.74, 6) is -4.12. The molecule has 0 aromatic carbocycles. The number of nitrogen functional groups attached to an aromatic ring is 1. The fourth-order valence-electron chi connectivity index (χ4n) is 8.71. The number of Topliss-reactive ketones (excluding diaryl/α,β-unsaturated/α-hetero) is 1. The van der Waals surface area contributed by atoms with Crippen LogP contribution in [0.15, 0.2) is 29.2 Å². The van der Waals surface area contributed by atoms with Gasteiger partial charge >= 0.3 is 33.3 Å². The maximum Gasteiger partial charge on any atom is 0.481 e. The number of nitrogens with zero attached hydrogens (tertiary/aromatic N) is 2. The van der Waals surface area contributed by atoms with E-state index in [4.69, 9.17) is 29.0 Å². The first-order valence-electron chi connectivity index (χ1n) is 26.2. The normalized spacial score (nSPS) is 29.8. The quantitative estimate of drug-likeness (QED) is 0.0245. The van der Waals surface area contributed by atoms with Crippen LogP contribution in [0.5, 0.6) is 0 Å². The highest BCUT2D eigenvalue weighted by Crippen LogP contribution is 2.60. The van der Waals surface area contributed by atoms with E-state index >= 15 is 0 Å². The fraction of sp³-hybridized carbons (Fsp3) is 0.816. The predicted molar refractivity (Wildman–Crippen MR) is 267 cm³/mol. The van der Waals surface area contributed by atoms with Crippen molar-refractivity contribution < 1.29 is 81.3 Å². The number of rotatable bonds is 23. The molecule has 0 saturated carbocycles. The minimum absolute atomic E-state index is 0.000726. The molecule has 8 N–H and O–H groups in total. The molecule has 21 nitrogen and oxygen atoms in total. The highest BCUT2D eigenvalue weighted by molar-refractivity contribution is 7.61. The standard InChI is InChI=1S/C49H85N3O18P2/c1-4-6-17-23-36(53)27-28-38-40(54)31-41(55)39-24-19-15-16-21-26-45(57)68-37(32-65-44(56)25-20-14-12-10-8-7-9-11-13-18-22-35(3)5-2)33-66-71(61,62)70-72(63,64)67-34-42(47(59)46(38)58)69-48(39)52-30-29-43(50)51-49(52)60/h27-30,35-40,42,46-48,53-54,58-59H,4-26,31-34H2,1-3H3,(H,61,62)(H,63,64)(H2,50,51,60)/b28-27-/t35?,36-,37+,38-,39-,40+,42+,46-,47+,48+/m0/s1. The molecule has 414 valence electrons. The van der Waals surface area contributed by atoms with E-state index in [-0.39, 0.29) is 31.5 Å². The van der Waals surface area contributed by atoms with Gasteiger partial charge in [-0.05, 0) is 37.7 Å². The van der Waals surface area contributed by atoms with Crippen molar-refractivity contribution in [2.75, 3.05) is 25.6 Å². The first-order valence-corrected chi connectivity index (χ1v) is 29.2. The lowest BCUT2D eigenvalue weighted by atomic mass is 9.83. The lowest BCUT2D eigenvalue weighted by Gasteiger charge is -2.38. The van der Waals surface area contributed by atoms with Crippen LogP contribution < -0.4 is 11.4 Å². The van der Waals surface area contributed by atoms with Gasteiger partial charge in [0.1, 0.15) is 36.6 Å². The largest absolute Gasteiger partial charge is 0.481 e. The summed E-state index contributed by atoms with van der Waals surface area (Å²) >= 11 is 0. The van der Waals surface area contributed by atoms with Crippen molar-refractivity contribution >= 4 is 39.2 Å². The van der Waals surface area contributed by atoms with Crippen LogP contribution in [0.1, 0.15) is 181 Å². The zero-order valence-corrected chi connectivity index (χ0v) is 44.4. The van der Waals surface area contributed by atoms with Crippen LogP contribution in [-0.2, 0) is 51.1 Å². The summed E-state index contributed by atoms with van der Waals surface area (Å²) in [6, 6.07) is 1.23. The number of hydrogen-bond acceptors (Lipinski definition) is 18. The number of hydrogen-bond donors (Lipinski definition) is 7. The average Bonchev–Trinajstić information content (AvgIpc) is 3.31. The Morgan fingerprint density at radius 2 is 1.50 bits per heavy atom. The summed E-state index contributed by atoms with van der Waals surface area (Å²) in [4.78, 5) is 78.4. The van der Waals surface area contributed by atoms with Crippen LogP contribution in [0, 0.1) is 17.8 Å². The molecule has 1 aromatic rings. The molecule has 2 aliphatic heterocycles. The van der Waals surface area contributed by atoms with E-state index in [1.807, 2.05) is 6.92 Å². The number of carbonyl (C=O) groups is 3. The van der Waals surface area contributed by atoms with Crippen LogP contribution in [0.2, 0.25) is 0 Å². The Balaban J connectivity index is 1.78. The van der Waals surface area contributed by atoms with Crippen LogP contribution >= 0.6 is 15.6 Å². The lowest BCUT2D eigenvalue weighted by molar-refractivity contribution is -0.184. The number of aromatic nitrogens is 2. The number of phosphoric ester groups is 2. The van der Waals surface area contributed by atoms with Gasteiger partial charge in [0.25, 0.3) is 0 Å². The van der Waals surface area contributed by atoms with Crippen molar-refractivity contribution in [3.05, 3.63) is 34.9 Å². The molecule has 12 atom stereocenters. The Morgan fingerprint density at radius 1 is 0.875 bits per heavy atom. The van der Waals surface area contributed by atoms with Crippen molar-refractivity contribution in [2.24, 2.45) is 17.8 Å². The van der Waals surface area contributed by atoms with Gasteiger partial charge in [-0.2, -0.15) is 9.29 Å². The summed E-state index contributed by atoms with van der Waals surface area (Å²) in [5, 5.41) is 45.5. The number of anilines is 1. The van der Waals surface area contributed by atoms with E-state index in [1.54, 1.807) is 0 Å². The van der Waals surface area contributed by atoms with Gasteiger partial charge in [-0.1, -0.05) is 142 Å². The van der Waals surface area contributed by atoms with Crippen LogP contribution in [0.25, 0.3) is 0 Å². The predicted octanol–water partition coefficient (Wildman–Crippen LogP) is 7.28. The number of carbonyl (C=O) groups excluding carboxylic acids is 3. The second-order valence-corrected chi connectivity index (χ2v) is 22.4. The minimum Gasteiger partial charge on any atom is -0.462 e. The van der Waals surface area contributed by atoms with Gasteiger partial charge in [0, 0.05) is 31.4 Å². The van der Waals surface area contributed by atoms with Crippen molar-refractivity contribution in [1.82, 2.24) is 9.55 Å². The van der Waals surface area contributed by atoms with E-state index in [0.717, 1.165) is 49.0 Å². The molecule has 1 aromatic heterocycles. The highest BCUT2D eigenvalue weighted by atomic mass is 31.3. The third-order valence-corrected chi connectivity index (χ3v) is 15.9. The number of nitrogens with two attached hydrogens (primary N) is 1. The molecule has 2 bridgehead atoms. The maximum atomic E-state index is 14.3. The van der Waals surface area contributed by atoms with Gasteiger partial charge in [0.05, 0.1) is 37.4 Å². The molecular formula is C49H85N3O18P2. The van der Waals surface area contributed by atoms with Crippen molar-refractivity contribution in [1.29, 1.82) is 0 Å². The summed E-state index contributed by atoms with van der Waals surface area (Å²) in [6.07, 6.45) is 8.62. The SMILES string of the molecule is CCCCC[C@H](O)/C=C\[C@@H]1[C@H](O)[C@H](O)[C@H]2COP(=O)(O)OP(=O)(O)OC[C@@H](COC(=O)CCCCCCCCCCCCC(C)CC)OC(=O)CCCCCC[C@@H](C(=O)C[C@H]1O)[C@H](n1ccc(N)nc1=O)O2.